The Morgan fingerprint density at radius 1 is 1.08 bits per heavy atom. The number of Topliss-reactive ketones (excluding diaryl/α,β-unsaturated/α-hetero) is 1. The minimum Gasteiger partial charge on any atom is -0.507 e. The summed E-state index contributed by atoms with van der Waals surface area (Å²) >= 11 is 0. The second kappa shape index (κ2) is 11.4. The number of nitrogens with zero attached hydrogens (tertiary/aromatic N) is 2. The topological polar surface area (TPSA) is 123 Å². The molecule has 2 aromatic rings. The lowest BCUT2D eigenvalue weighted by Crippen LogP contribution is -2.40. The number of sulfonamides is 1. The van der Waals surface area contributed by atoms with Gasteiger partial charge in [0.05, 0.1) is 36.8 Å². The highest BCUT2D eigenvalue weighted by Crippen LogP contribution is 2.40. The third kappa shape index (κ3) is 5.40. The Hall–Kier alpha value is -3.25. The lowest BCUT2D eigenvalue weighted by atomic mass is 9.95. The Bertz CT molecular complexity index is 1280. The van der Waals surface area contributed by atoms with Crippen molar-refractivity contribution in [1.82, 2.24) is 9.21 Å². The number of carbonyl (C=O) groups excluding carboxylic acids is 2. The maximum atomic E-state index is 13.1. The molecule has 2 saturated heterocycles. The van der Waals surface area contributed by atoms with E-state index in [1.54, 1.807) is 31.4 Å². The Labute approximate surface area is 216 Å². The first-order valence-electron chi connectivity index (χ1n) is 11.9. The van der Waals surface area contributed by atoms with Crippen LogP contribution in [0, 0.1) is 0 Å². The number of aliphatic hydroxyl groups is 1. The van der Waals surface area contributed by atoms with E-state index < -0.39 is 27.8 Å². The summed E-state index contributed by atoms with van der Waals surface area (Å²) in [5.74, 6) is -1.38. The van der Waals surface area contributed by atoms with Gasteiger partial charge in [0.15, 0.2) is 0 Å². The number of hydrogen-bond acceptors (Lipinski definition) is 8. The normalized spacial score (nSPS) is 20.4. The molecule has 0 aliphatic carbocycles. The van der Waals surface area contributed by atoms with Gasteiger partial charge in [-0.2, -0.15) is 4.31 Å². The molecule has 0 saturated carbocycles. The summed E-state index contributed by atoms with van der Waals surface area (Å²) in [7, 11) is -0.658. The molecule has 2 aliphatic rings. The summed E-state index contributed by atoms with van der Waals surface area (Å²) in [6.45, 7) is 1.81. The number of methoxy groups -OCH3 is 2. The van der Waals surface area contributed by atoms with E-state index in [9.17, 15) is 23.1 Å². The van der Waals surface area contributed by atoms with Gasteiger partial charge in [-0.1, -0.05) is 12.1 Å². The minimum atomic E-state index is -3.73. The van der Waals surface area contributed by atoms with E-state index in [2.05, 4.69) is 0 Å². The third-order valence-electron chi connectivity index (χ3n) is 6.43. The van der Waals surface area contributed by atoms with E-state index in [1.807, 2.05) is 0 Å². The molecule has 1 atom stereocenters. The van der Waals surface area contributed by atoms with Crippen molar-refractivity contribution < 1.29 is 37.3 Å². The minimum absolute atomic E-state index is 0.0651. The van der Waals surface area contributed by atoms with Crippen LogP contribution >= 0.6 is 0 Å². The first-order chi connectivity index (χ1) is 17.8. The summed E-state index contributed by atoms with van der Waals surface area (Å²) in [5.41, 5.74) is 0.757. The van der Waals surface area contributed by atoms with Crippen molar-refractivity contribution >= 4 is 27.5 Å². The van der Waals surface area contributed by atoms with Crippen molar-refractivity contribution in [3.8, 4) is 5.75 Å². The van der Waals surface area contributed by atoms with Crippen LogP contribution in [0.1, 0.15) is 23.6 Å². The summed E-state index contributed by atoms with van der Waals surface area (Å²) < 4.78 is 42.9. The van der Waals surface area contributed by atoms with Gasteiger partial charge in [0, 0.05) is 38.9 Å². The molecule has 1 N–H and O–H groups in total. The molecule has 0 aromatic heterocycles. The second-order valence-electron chi connectivity index (χ2n) is 8.66. The van der Waals surface area contributed by atoms with Crippen LogP contribution in [-0.4, -0.2) is 88.1 Å². The molecule has 2 aliphatic heterocycles. The monoisotopic (exact) mass is 530 g/mol. The average molecular weight is 531 g/mol. The maximum Gasteiger partial charge on any atom is 0.295 e. The van der Waals surface area contributed by atoms with Crippen molar-refractivity contribution in [2.45, 2.75) is 17.4 Å². The highest BCUT2D eigenvalue weighted by Gasteiger charge is 2.46. The van der Waals surface area contributed by atoms with Crippen molar-refractivity contribution in [1.29, 1.82) is 0 Å². The van der Waals surface area contributed by atoms with Gasteiger partial charge in [-0.15, -0.1) is 0 Å². The van der Waals surface area contributed by atoms with E-state index >= 15 is 0 Å². The molecule has 2 fully saturated rings. The van der Waals surface area contributed by atoms with E-state index in [4.69, 9.17) is 14.2 Å². The number of amides is 1. The zero-order chi connectivity index (χ0) is 26.6. The van der Waals surface area contributed by atoms with Crippen LogP contribution in [0.2, 0.25) is 0 Å². The molecule has 4 rings (SSSR count). The van der Waals surface area contributed by atoms with Crippen molar-refractivity contribution in [3.63, 3.8) is 0 Å². The molecule has 11 heteroatoms. The van der Waals surface area contributed by atoms with Crippen molar-refractivity contribution in [2.75, 3.05) is 53.7 Å². The predicted molar refractivity (Wildman–Crippen MR) is 135 cm³/mol. The Morgan fingerprint density at radius 2 is 1.78 bits per heavy atom. The zero-order valence-electron chi connectivity index (χ0n) is 20.8. The highest BCUT2D eigenvalue weighted by molar-refractivity contribution is 7.89. The summed E-state index contributed by atoms with van der Waals surface area (Å²) in [6.07, 6.45) is 0.498. The predicted octanol–water partition coefficient (Wildman–Crippen LogP) is 2.17. The molecule has 10 nitrogen and oxygen atoms in total. The lowest BCUT2D eigenvalue weighted by Gasteiger charge is -2.26. The van der Waals surface area contributed by atoms with Gasteiger partial charge in [-0.25, -0.2) is 8.42 Å². The first kappa shape index (κ1) is 26.8. The quantitative estimate of drug-likeness (QED) is 0.227. The van der Waals surface area contributed by atoms with Gasteiger partial charge in [0.1, 0.15) is 11.5 Å². The average Bonchev–Trinajstić information content (AvgIpc) is 3.18. The summed E-state index contributed by atoms with van der Waals surface area (Å²) in [4.78, 5) is 27.6. The number of ketones is 1. The number of ether oxygens (including phenoxy) is 3. The number of carbonyl (C=O) groups is 2. The third-order valence-corrected chi connectivity index (χ3v) is 8.35. The molecule has 1 unspecified atom stereocenters. The zero-order valence-corrected chi connectivity index (χ0v) is 21.6. The van der Waals surface area contributed by atoms with Crippen LogP contribution in [-0.2, 0) is 29.1 Å². The molecule has 198 valence electrons. The molecule has 0 bridgehead atoms. The largest absolute Gasteiger partial charge is 0.507 e. The summed E-state index contributed by atoms with van der Waals surface area (Å²) in [6, 6.07) is 11.8. The highest BCUT2D eigenvalue weighted by atomic mass is 32.2. The Balaban J connectivity index is 1.73. The first-order valence-corrected chi connectivity index (χ1v) is 13.3. The maximum absolute atomic E-state index is 13.1. The number of likely N-dealkylation sites (tertiary alicyclic amines) is 1. The van der Waals surface area contributed by atoms with E-state index in [1.165, 1.54) is 40.6 Å². The number of benzene rings is 2. The molecule has 2 aromatic carbocycles. The number of rotatable bonds is 9. The second-order valence-corrected chi connectivity index (χ2v) is 10.6. The molecule has 37 heavy (non-hydrogen) atoms. The van der Waals surface area contributed by atoms with Crippen molar-refractivity contribution in [2.24, 2.45) is 0 Å². The Morgan fingerprint density at radius 3 is 2.43 bits per heavy atom. The van der Waals surface area contributed by atoms with Crippen LogP contribution in [0.5, 0.6) is 5.75 Å². The number of morpholine rings is 1. The Kier molecular flexibility index (Phi) is 8.28. The van der Waals surface area contributed by atoms with Gasteiger partial charge >= 0.3 is 0 Å². The van der Waals surface area contributed by atoms with Gasteiger partial charge in [0.25, 0.3) is 11.7 Å². The summed E-state index contributed by atoms with van der Waals surface area (Å²) in [5, 5.41) is 11.2. The molecular weight excluding hydrogens is 500 g/mol. The number of aliphatic hydroxyl groups excluding tert-OH is 1. The molecule has 0 spiro atoms. The van der Waals surface area contributed by atoms with E-state index in [-0.39, 0.29) is 41.4 Å². The molecule has 0 radical (unpaired) electrons. The SMILES string of the molecule is COCCCN1C(=O)C(=O)C(=C(O)c2ccc(S(=O)(=O)N3CCOCC3)cc2)C1c1cccc(OC)c1. The van der Waals surface area contributed by atoms with Crippen LogP contribution in [0.3, 0.4) is 0 Å². The van der Waals surface area contributed by atoms with E-state index in [0.717, 1.165) is 0 Å². The van der Waals surface area contributed by atoms with Gasteiger partial charge in [0.2, 0.25) is 10.0 Å². The van der Waals surface area contributed by atoms with Gasteiger partial charge < -0.3 is 24.2 Å². The van der Waals surface area contributed by atoms with Gasteiger partial charge in [-0.05, 0) is 48.4 Å². The van der Waals surface area contributed by atoms with Crippen LogP contribution in [0.4, 0.5) is 0 Å². The smallest absolute Gasteiger partial charge is 0.295 e. The fourth-order valence-electron chi connectivity index (χ4n) is 4.52. The van der Waals surface area contributed by atoms with E-state index in [0.29, 0.717) is 37.6 Å². The van der Waals surface area contributed by atoms with Crippen molar-refractivity contribution in [3.05, 3.63) is 65.2 Å². The molecule has 2 heterocycles. The lowest BCUT2D eigenvalue weighted by molar-refractivity contribution is -0.140. The van der Waals surface area contributed by atoms with Crippen LogP contribution < -0.4 is 4.74 Å². The number of hydrogen-bond donors (Lipinski definition) is 1. The van der Waals surface area contributed by atoms with Crippen LogP contribution in [0.15, 0.2) is 59.0 Å². The fraction of sp³-hybridized carbons (Fsp3) is 0.385. The fourth-order valence-corrected chi connectivity index (χ4v) is 5.93. The standard InChI is InChI=1S/C26H30N2O8S/c1-34-14-4-11-28-23(19-5-3-6-20(17-19)35-2)22(25(30)26(28)31)24(29)18-7-9-21(10-8-18)37(32,33)27-12-15-36-16-13-27/h3,5-10,17,23,29H,4,11-16H2,1-2H3. The van der Waals surface area contributed by atoms with Gasteiger partial charge in [-0.3, -0.25) is 9.59 Å². The molecule has 1 amide bonds. The van der Waals surface area contributed by atoms with Crippen LogP contribution in [0.25, 0.3) is 5.76 Å². The molecular formula is C26H30N2O8S.